The number of nitrogens with zero attached hydrogens (tertiary/aromatic N) is 1. The standard InChI is InChI=1S/C32H46ClN3O2/c1-10-13-16-38-31-20-29(34-12-3)26(19-30(31)37-9)22(4)17-25-14-15-28(27(33)18-25)36-24(6)35-21-23(5)32(7,8)11-2/h12,14-15,18-20,23,35-36H,4,6,10-11,13,16-17,21H2,1-3,5,7-9H3. The zero-order valence-electron chi connectivity index (χ0n) is 24.3. The first-order chi connectivity index (χ1) is 18.1. The van der Waals surface area contributed by atoms with E-state index in [0.717, 1.165) is 59.7 Å². The van der Waals surface area contributed by atoms with Gasteiger partial charge < -0.3 is 20.1 Å². The van der Waals surface area contributed by atoms with Crippen molar-refractivity contribution < 1.29 is 9.47 Å². The molecule has 0 radical (unpaired) electrons. The molecule has 0 aromatic heterocycles. The Morgan fingerprint density at radius 2 is 1.89 bits per heavy atom. The summed E-state index contributed by atoms with van der Waals surface area (Å²) in [5.41, 5.74) is 4.77. The number of aliphatic imine (C=N–C) groups is 1. The quantitative estimate of drug-likeness (QED) is 0.165. The minimum absolute atomic E-state index is 0.268. The van der Waals surface area contributed by atoms with Crippen LogP contribution in [0.4, 0.5) is 11.4 Å². The normalized spacial score (nSPS) is 12.3. The zero-order valence-corrected chi connectivity index (χ0v) is 25.1. The largest absolute Gasteiger partial charge is 0.493 e. The Kier molecular flexibility index (Phi) is 12.2. The van der Waals surface area contributed by atoms with Crippen LogP contribution in [0.25, 0.3) is 5.57 Å². The second-order valence-electron chi connectivity index (χ2n) is 10.4. The molecule has 2 rings (SSSR count). The maximum atomic E-state index is 6.65. The van der Waals surface area contributed by atoms with E-state index in [1.54, 1.807) is 13.3 Å². The SMILES string of the molecule is C=C(NCC(C)C(C)(C)CC)Nc1ccc(CC(=C)c2cc(OC)c(OCCCC)cc2N=CC)cc1Cl. The van der Waals surface area contributed by atoms with Gasteiger partial charge in [0.1, 0.15) is 0 Å². The fourth-order valence-electron chi connectivity index (χ4n) is 3.90. The van der Waals surface area contributed by atoms with E-state index < -0.39 is 0 Å². The minimum atomic E-state index is 0.268. The Labute approximate surface area is 235 Å². The summed E-state index contributed by atoms with van der Waals surface area (Å²) in [5.74, 6) is 2.61. The predicted molar refractivity (Wildman–Crippen MR) is 165 cm³/mol. The number of methoxy groups -OCH3 is 1. The van der Waals surface area contributed by atoms with Gasteiger partial charge in [0.2, 0.25) is 0 Å². The van der Waals surface area contributed by atoms with Crippen LogP contribution in [0.5, 0.6) is 11.5 Å². The van der Waals surface area contributed by atoms with Crippen LogP contribution in [-0.4, -0.2) is 26.5 Å². The third-order valence-electron chi connectivity index (χ3n) is 7.29. The summed E-state index contributed by atoms with van der Waals surface area (Å²) >= 11 is 6.65. The topological polar surface area (TPSA) is 54.9 Å². The van der Waals surface area contributed by atoms with Crippen molar-refractivity contribution in [3.05, 3.63) is 65.5 Å². The summed E-state index contributed by atoms with van der Waals surface area (Å²) in [6.07, 6.45) is 5.57. The van der Waals surface area contributed by atoms with Gasteiger partial charge in [0.05, 0.1) is 35.9 Å². The first-order valence-corrected chi connectivity index (χ1v) is 13.9. The molecule has 0 aliphatic rings. The van der Waals surface area contributed by atoms with E-state index in [0.29, 0.717) is 35.5 Å². The second kappa shape index (κ2) is 14.9. The molecule has 0 aliphatic heterocycles. The number of hydrogen-bond acceptors (Lipinski definition) is 5. The third-order valence-corrected chi connectivity index (χ3v) is 7.60. The molecule has 208 valence electrons. The van der Waals surface area contributed by atoms with Crippen LogP contribution in [0.1, 0.15) is 71.9 Å². The Balaban J connectivity index is 2.13. The predicted octanol–water partition coefficient (Wildman–Crippen LogP) is 9.05. The van der Waals surface area contributed by atoms with Crippen molar-refractivity contribution in [2.45, 2.75) is 67.2 Å². The van der Waals surface area contributed by atoms with E-state index in [2.05, 4.69) is 69.5 Å². The maximum absolute atomic E-state index is 6.65. The molecule has 2 aromatic rings. The van der Waals surface area contributed by atoms with Gasteiger partial charge in [0.25, 0.3) is 0 Å². The van der Waals surface area contributed by atoms with Gasteiger partial charge in [-0.15, -0.1) is 0 Å². The van der Waals surface area contributed by atoms with Gasteiger partial charge in [-0.3, -0.25) is 4.99 Å². The van der Waals surface area contributed by atoms with Crippen molar-refractivity contribution in [3.63, 3.8) is 0 Å². The molecule has 0 aliphatic carbocycles. The number of unbranched alkanes of at least 4 members (excludes halogenated alkanes) is 1. The van der Waals surface area contributed by atoms with Crippen molar-refractivity contribution in [2.75, 3.05) is 25.6 Å². The Morgan fingerprint density at radius 3 is 2.50 bits per heavy atom. The summed E-state index contributed by atoms with van der Waals surface area (Å²) < 4.78 is 11.6. The second-order valence-corrected chi connectivity index (χ2v) is 10.8. The molecule has 1 unspecified atom stereocenters. The lowest BCUT2D eigenvalue weighted by molar-refractivity contribution is 0.219. The zero-order chi connectivity index (χ0) is 28.3. The average molecular weight is 540 g/mol. The number of hydrogen-bond donors (Lipinski definition) is 2. The van der Waals surface area contributed by atoms with Crippen LogP contribution in [0, 0.1) is 11.3 Å². The monoisotopic (exact) mass is 539 g/mol. The van der Waals surface area contributed by atoms with Crippen LogP contribution in [-0.2, 0) is 6.42 Å². The molecule has 2 aromatic carbocycles. The first-order valence-electron chi connectivity index (χ1n) is 13.6. The number of halogens is 1. The van der Waals surface area contributed by atoms with E-state index in [-0.39, 0.29) is 5.41 Å². The molecule has 0 amide bonds. The number of nitrogens with one attached hydrogen (secondary N) is 2. The molecule has 6 heteroatoms. The minimum Gasteiger partial charge on any atom is -0.493 e. The average Bonchev–Trinajstić information content (AvgIpc) is 2.89. The molecular formula is C32H46ClN3O2. The first kappa shape index (κ1) is 31.3. The van der Waals surface area contributed by atoms with Crippen LogP contribution in [0.2, 0.25) is 5.02 Å². The van der Waals surface area contributed by atoms with Gasteiger partial charge in [-0.2, -0.15) is 0 Å². The van der Waals surface area contributed by atoms with Crippen LogP contribution >= 0.6 is 11.6 Å². The summed E-state index contributed by atoms with van der Waals surface area (Å²) in [6.45, 7) is 23.1. The highest BCUT2D eigenvalue weighted by molar-refractivity contribution is 6.33. The van der Waals surface area contributed by atoms with E-state index >= 15 is 0 Å². The smallest absolute Gasteiger partial charge is 0.163 e. The number of allylic oxidation sites excluding steroid dienone is 1. The Morgan fingerprint density at radius 1 is 1.16 bits per heavy atom. The molecule has 2 N–H and O–H groups in total. The van der Waals surface area contributed by atoms with Gasteiger partial charge in [0, 0.05) is 24.4 Å². The van der Waals surface area contributed by atoms with Crippen molar-refractivity contribution >= 4 is 34.8 Å². The van der Waals surface area contributed by atoms with Crippen molar-refractivity contribution in [1.82, 2.24) is 5.32 Å². The van der Waals surface area contributed by atoms with E-state index in [4.69, 9.17) is 21.1 Å². The lowest BCUT2D eigenvalue weighted by Crippen LogP contribution is -2.32. The molecule has 0 saturated heterocycles. The highest BCUT2D eigenvalue weighted by Crippen LogP contribution is 2.39. The maximum Gasteiger partial charge on any atom is 0.163 e. The summed E-state index contributed by atoms with van der Waals surface area (Å²) in [4.78, 5) is 4.57. The number of rotatable bonds is 16. The van der Waals surface area contributed by atoms with Crippen molar-refractivity contribution in [1.29, 1.82) is 0 Å². The lowest BCUT2D eigenvalue weighted by atomic mass is 9.78. The molecule has 5 nitrogen and oxygen atoms in total. The van der Waals surface area contributed by atoms with E-state index in [1.807, 2.05) is 31.2 Å². The molecule has 1 atom stereocenters. The van der Waals surface area contributed by atoms with E-state index in [9.17, 15) is 0 Å². The molecular weight excluding hydrogens is 494 g/mol. The number of ether oxygens (including phenoxy) is 2. The van der Waals surface area contributed by atoms with Crippen molar-refractivity contribution in [2.24, 2.45) is 16.3 Å². The third kappa shape index (κ3) is 8.83. The van der Waals surface area contributed by atoms with Crippen LogP contribution in [0.15, 0.2) is 54.3 Å². The van der Waals surface area contributed by atoms with Gasteiger partial charge in [-0.25, -0.2) is 0 Å². The molecule has 0 saturated carbocycles. The number of benzene rings is 2. The fourth-order valence-corrected chi connectivity index (χ4v) is 4.15. The Hall–Kier alpha value is -2.92. The molecule has 38 heavy (non-hydrogen) atoms. The number of anilines is 1. The molecule has 0 bridgehead atoms. The van der Waals surface area contributed by atoms with Crippen LogP contribution < -0.4 is 20.1 Å². The highest BCUT2D eigenvalue weighted by Gasteiger charge is 2.23. The Bertz CT molecular complexity index is 1120. The summed E-state index contributed by atoms with van der Waals surface area (Å²) in [5, 5.41) is 7.34. The van der Waals surface area contributed by atoms with Crippen LogP contribution in [0.3, 0.4) is 0 Å². The fraction of sp³-hybridized carbons (Fsp3) is 0.469. The van der Waals surface area contributed by atoms with Gasteiger partial charge >= 0.3 is 0 Å². The molecule has 0 heterocycles. The van der Waals surface area contributed by atoms with Gasteiger partial charge in [-0.1, -0.05) is 78.3 Å². The lowest BCUT2D eigenvalue weighted by Gasteiger charge is -2.31. The van der Waals surface area contributed by atoms with E-state index in [1.165, 1.54) is 0 Å². The van der Waals surface area contributed by atoms with Gasteiger partial charge in [-0.05, 0) is 60.4 Å². The van der Waals surface area contributed by atoms with Crippen molar-refractivity contribution in [3.8, 4) is 11.5 Å². The molecule has 0 spiro atoms. The van der Waals surface area contributed by atoms with Gasteiger partial charge in [0.15, 0.2) is 11.5 Å². The summed E-state index contributed by atoms with van der Waals surface area (Å²) in [7, 11) is 1.65. The summed E-state index contributed by atoms with van der Waals surface area (Å²) in [6, 6.07) is 9.88. The highest BCUT2D eigenvalue weighted by atomic mass is 35.5. The molecule has 0 fully saturated rings.